The van der Waals surface area contributed by atoms with E-state index in [4.69, 9.17) is 27.2 Å². The minimum Gasteiger partial charge on any atom is -0.462 e. The number of carbonyl (C=O) groups is 2. The van der Waals surface area contributed by atoms with Crippen LogP contribution in [0.1, 0.15) is 67.2 Å². The molecule has 200 valence electrons. The Hall–Kier alpha value is -1.31. The van der Waals surface area contributed by atoms with Gasteiger partial charge < -0.3 is 27.2 Å². The molecule has 0 aromatic rings. The van der Waals surface area contributed by atoms with Gasteiger partial charge in [0.05, 0.1) is 13.2 Å². The van der Waals surface area contributed by atoms with Gasteiger partial charge in [0.2, 0.25) is 0 Å². The van der Waals surface area contributed by atoms with E-state index in [9.17, 15) is 9.59 Å². The van der Waals surface area contributed by atoms with Gasteiger partial charge in [-0.15, -0.1) is 0 Å². The number of esters is 2. The van der Waals surface area contributed by atoms with Crippen LogP contribution in [0.4, 0.5) is 0 Å². The normalized spacial score (nSPS) is 10.6. The third-order valence-electron chi connectivity index (χ3n) is 4.18. The van der Waals surface area contributed by atoms with E-state index >= 15 is 0 Å². The summed E-state index contributed by atoms with van der Waals surface area (Å²) in [5, 5.41) is 0. The molecular formula is C24H48O8Si2. The zero-order chi connectivity index (χ0) is 26.2. The van der Waals surface area contributed by atoms with Crippen LogP contribution in [0.5, 0.6) is 0 Å². The molecule has 0 aromatic carbocycles. The van der Waals surface area contributed by atoms with Crippen molar-refractivity contribution >= 4 is 30.5 Å². The number of ether oxygens (including phenoxy) is 2. The smallest absolute Gasteiger partial charge is 0.333 e. The standard InChI is InChI=1S/C14H28O4Si.C10H20O4Si/c1-5-7-9-17-19(18-10-8-6-2)12-11-16-14(15)13(3)4;1-5-13-15(14-6-2)8-7-12-10(11)9(3)4/h19H,3,5-12H2,1-2,4H3;15H,3,5-8H2,1-2,4H3. The van der Waals surface area contributed by atoms with E-state index in [2.05, 4.69) is 27.0 Å². The molecule has 0 atom stereocenters. The lowest BCUT2D eigenvalue weighted by Crippen LogP contribution is -2.26. The molecule has 0 fully saturated rings. The molecule has 34 heavy (non-hydrogen) atoms. The van der Waals surface area contributed by atoms with Crippen LogP contribution in [-0.2, 0) is 36.8 Å². The molecule has 0 aliphatic heterocycles. The van der Waals surface area contributed by atoms with E-state index in [-0.39, 0.29) is 11.9 Å². The van der Waals surface area contributed by atoms with Crippen LogP contribution in [0.25, 0.3) is 0 Å². The van der Waals surface area contributed by atoms with Gasteiger partial charge in [-0.2, -0.15) is 0 Å². The maximum atomic E-state index is 11.3. The topological polar surface area (TPSA) is 89.5 Å². The average Bonchev–Trinajstić information content (AvgIpc) is 2.79. The second kappa shape index (κ2) is 24.8. The molecule has 0 radical (unpaired) electrons. The molecule has 0 aromatic heterocycles. The lowest BCUT2D eigenvalue weighted by molar-refractivity contribution is -0.139. The van der Waals surface area contributed by atoms with Crippen molar-refractivity contribution in [1.29, 1.82) is 0 Å². The highest BCUT2D eigenvalue weighted by Gasteiger charge is 2.15. The molecule has 0 aliphatic carbocycles. The van der Waals surface area contributed by atoms with E-state index in [1.54, 1.807) is 13.8 Å². The highest BCUT2D eigenvalue weighted by molar-refractivity contribution is 6.44. The highest BCUT2D eigenvalue weighted by Crippen LogP contribution is 2.04. The van der Waals surface area contributed by atoms with E-state index < -0.39 is 18.6 Å². The van der Waals surface area contributed by atoms with Gasteiger partial charge in [-0.3, -0.25) is 0 Å². The van der Waals surface area contributed by atoms with Gasteiger partial charge in [0.1, 0.15) is 0 Å². The second-order valence-electron chi connectivity index (χ2n) is 7.63. The number of rotatable bonds is 20. The molecule has 0 rings (SSSR count). The molecule has 0 amide bonds. The molecule has 8 nitrogen and oxygen atoms in total. The molecular weight excluding hydrogens is 472 g/mol. The van der Waals surface area contributed by atoms with Crippen LogP contribution in [0.2, 0.25) is 12.1 Å². The van der Waals surface area contributed by atoms with Gasteiger partial charge in [0.15, 0.2) is 0 Å². The minimum atomic E-state index is -1.69. The lowest BCUT2D eigenvalue weighted by Gasteiger charge is -2.16. The number of hydrogen-bond acceptors (Lipinski definition) is 8. The van der Waals surface area contributed by atoms with Crippen LogP contribution in [0.15, 0.2) is 24.3 Å². The van der Waals surface area contributed by atoms with Crippen LogP contribution in [0.3, 0.4) is 0 Å². The van der Waals surface area contributed by atoms with Crippen LogP contribution in [-0.4, -0.2) is 70.1 Å². The first-order valence-corrected chi connectivity index (χ1v) is 15.9. The van der Waals surface area contributed by atoms with Crippen molar-refractivity contribution < 1.29 is 36.8 Å². The Balaban J connectivity index is 0. The average molecular weight is 521 g/mol. The van der Waals surface area contributed by atoms with E-state index in [0.29, 0.717) is 49.7 Å². The maximum absolute atomic E-state index is 11.3. The summed E-state index contributed by atoms with van der Waals surface area (Å²) in [6.07, 6.45) is 4.32. The van der Waals surface area contributed by atoms with Crippen LogP contribution in [0, 0.1) is 0 Å². The van der Waals surface area contributed by atoms with Gasteiger partial charge in [-0.05, 0) is 40.5 Å². The van der Waals surface area contributed by atoms with Gasteiger partial charge in [-0.25, -0.2) is 9.59 Å². The SMILES string of the molecule is C=C(C)C(=O)OCC[SiH](OCC)OCC.C=C(C)C(=O)OCC[SiH](OCCCC)OCCCC. The van der Waals surface area contributed by atoms with E-state index in [1.807, 2.05) is 13.8 Å². The fourth-order valence-corrected chi connectivity index (χ4v) is 5.34. The summed E-state index contributed by atoms with van der Waals surface area (Å²) in [7, 11) is -3.33. The molecule has 10 heteroatoms. The van der Waals surface area contributed by atoms with Gasteiger partial charge in [0.25, 0.3) is 0 Å². The van der Waals surface area contributed by atoms with Gasteiger partial charge in [-0.1, -0.05) is 39.8 Å². The summed E-state index contributed by atoms with van der Waals surface area (Å²) in [4.78, 5) is 22.3. The van der Waals surface area contributed by atoms with Crippen molar-refractivity contribution in [3.8, 4) is 0 Å². The zero-order valence-electron chi connectivity index (χ0n) is 22.3. The lowest BCUT2D eigenvalue weighted by atomic mass is 10.4. The molecule has 0 aliphatic rings. The highest BCUT2D eigenvalue weighted by atomic mass is 28.3. The number of unbranched alkanes of at least 4 members (excludes halogenated alkanes) is 2. The van der Waals surface area contributed by atoms with E-state index in [1.165, 1.54) is 0 Å². The van der Waals surface area contributed by atoms with Crippen molar-refractivity contribution in [3.05, 3.63) is 24.3 Å². The summed E-state index contributed by atoms with van der Waals surface area (Å²) < 4.78 is 32.4. The third kappa shape index (κ3) is 22.5. The predicted molar refractivity (Wildman–Crippen MR) is 140 cm³/mol. The largest absolute Gasteiger partial charge is 0.462 e. The minimum absolute atomic E-state index is 0.338. The maximum Gasteiger partial charge on any atom is 0.333 e. The Kier molecular flexibility index (Phi) is 25.4. The molecule has 0 unspecified atom stereocenters. The number of hydrogen-bond donors (Lipinski definition) is 0. The Morgan fingerprint density at radius 3 is 1.26 bits per heavy atom. The molecule has 0 saturated carbocycles. The Morgan fingerprint density at radius 2 is 0.971 bits per heavy atom. The fourth-order valence-electron chi connectivity index (χ4n) is 2.26. The van der Waals surface area contributed by atoms with E-state index in [0.717, 1.165) is 38.9 Å². The Morgan fingerprint density at radius 1 is 0.618 bits per heavy atom. The van der Waals surface area contributed by atoms with Crippen LogP contribution < -0.4 is 0 Å². The first-order chi connectivity index (χ1) is 16.2. The van der Waals surface area contributed by atoms with Crippen molar-refractivity contribution in [2.75, 3.05) is 39.6 Å². The summed E-state index contributed by atoms with van der Waals surface area (Å²) in [6, 6.07) is 1.38. The van der Waals surface area contributed by atoms with Crippen LogP contribution >= 0.6 is 0 Å². The zero-order valence-corrected chi connectivity index (χ0v) is 24.6. The molecule has 0 bridgehead atoms. The summed E-state index contributed by atoms with van der Waals surface area (Å²) >= 11 is 0. The molecule has 0 N–H and O–H groups in total. The first-order valence-electron chi connectivity index (χ1n) is 12.3. The van der Waals surface area contributed by atoms with Crippen molar-refractivity contribution in [2.45, 2.75) is 79.3 Å². The summed E-state index contributed by atoms with van der Waals surface area (Å²) in [5.74, 6) is -0.689. The summed E-state index contributed by atoms with van der Waals surface area (Å²) in [6.45, 7) is 21.9. The quantitative estimate of drug-likeness (QED) is 0.101. The fraction of sp³-hybridized carbons (Fsp3) is 0.750. The van der Waals surface area contributed by atoms with Crippen molar-refractivity contribution in [2.24, 2.45) is 0 Å². The predicted octanol–water partition coefficient (Wildman–Crippen LogP) is 4.36. The van der Waals surface area contributed by atoms with Crippen molar-refractivity contribution in [3.63, 3.8) is 0 Å². The summed E-state index contributed by atoms with van der Waals surface area (Å²) in [5.41, 5.74) is 0.845. The monoisotopic (exact) mass is 520 g/mol. The third-order valence-corrected chi connectivity index (χ3v) is 8.22. The molecule has 0 heterocycles. The Bertz CT molecular complexity index is 541. The second-order valence-corrected chi connectivity index (χ2v) is 11.8. The first kappa shape index (κ1) is 34.9. The van der Waals surface area contributed by atoms with Gasteiger partial charge in [0, 0.05) is 49.7 Å². The Labute approximate surface area is 210 Å². The van der Waals surface area contributed by atoms with Gasteiger partial charge >= 0.3 is 30.5 Å². The van der Waals surface area contributed by atoms with Crippen molar-refractivity contribution in [1.82, 2.24) is 0 Å². The molecule has 0 saturated heterocycles. The molecule has 0 spiro atoms. The number of carbonyl (C=O) groups excluding carboxylic acids is 2.